The maximum atomic E-state index is 12.1. The zero-order valence-corrected chi connectivity index (χ0v) is 17.6. The van der Waals surface area contributed by atoms with Crippen LogP contribution in [-0.4, -0.2) is 43.5 Å². The summed E-state index contributed by atoms with van der Waals surface area (Å²) in [6.07, 6.45) is 1.34. The summed E-state index contributed by atoms with van der Waals surface area (Å²) in [5, 5.41) is 0. The summed E-state index contributed by atoms with van der Waals surface area (Å²) in [6.45, 7) is 6.71. The molecular formula is C19H21BrO8. The first kappa shape index (κ1) is 21.7. The molecule has 1 heterocycles. The lowest BCUT2D eigenvalue weighted by molar-refractivity contribution is -0.222. The van der Waals surface area contributed by atoms with Crippen molar-refractivity contribution in [1.82, 2.24) is 0 Å². The van der Waals surface area contributed by atoms with Crippen LogP contribution in [-0.2, 0) is 28.6 Å². The molecular weight excluding hydrogens is 436 g/mol. The Balaban J connectivity index is 2.33. The van der Waals surface area contributed by atoms with Crippen molar-refractivity contribution < 1.29 is 38.1 Å². The van der Waals surface area contributed by atoms with Crippen LogP contribution in [0.1, 0.15) is 33.3 Å². The van der Waals surface area contributed by atoms with E-state index in [1.165, 1.54) is 19.9 Å². The van der Waals surface area contributed by atoms with Crippen molar-refractivity contribution in [2.24, 2.45) is 0 Å². The Morgan fingerprint density at radius 3 is 2.32 bits per heavy atom. The Kier molecular flexibility index (Phi) is 7.06. The molecule has 1 aromatic carbocycles. The fourth-order valence-electron chi connectivity index (χ4n) is 2.35. The third-order valence-electron chi connectivity index (χ3n) is 3.40. The average molecular weight is 457 g/mol. The molecule has 8 nitrogen and oxygen atoms in total. The van der Waals surface area contributed by atoms with Gasteiger partial charge in [-0.1, -0.05) is 0 Å². The van der Waals surface area contributed by atoms with Gasteiger partial charge in [-0.3, -0.25) is 0 Å². The second kappa shape index (κ2) is 9.09. The van der Waals surface area contributed by atoms with Gasteiger partial charge in [-0.25, -0.2) is 14.4 Å². The molecule has 9 heteroatoms. The van der Waals surface area contributed by atoms with Crippen LogP contribution < -0.4 is 9.47 Å². The minimum absolute atomic E-state index is 0.242. The summed E-state index contributed by atoms with van der Waals surface area (Å²) in [6, 6.07) is 3.18. The fraction of sp³-hybridized carbons (Fsp3) is 0.421. The van der Waals surface area contributed by atoms with Crippen molar-refractivity contribution >= 4 is 39.9 Å². The highest BCUT2D eigenvalue weighted by atomic mass is 79.9. The Hall–Kier alpha value is -2.55. The van der Waals surface area contributed by atoms with E-state index in [0.717, 1.165) is 0 Å². The van der Waals surface area contributed by atoms with Crippen LogP contribution in [0.5, 0.6) is 11.5 Å². The van der Waals surface area contributed by atoms with Gasteiger partial charge in [0.25, 0.3) is 5.79 Å². The van der Waals surface area contributed by atoms with E-state index in [4.69, 9.17) is 23.7 Å². The number of hydrogen-bond acceptors (Lipinski definition) is 8. The molecule has 0 aliphatic carbocycles. The molecule has 152 valence electrons. The summed E-state index contributed by atoms with van der Waals surface area (Å²) in [5.41, 5.74) is 0.233. The largest absolute Gasteiger partial charge is 0.490 e. The van der Waals surface area contributed by atoms with E-state index in [0.29, 0.717) is 28.1 Å². The van der Waals surface area contributed by atoms with E-state index in [1.807, 2.05) is 0 Å². The lowest BCUT2D eigenvalue weighted by atomic mass is 10.1. The molecule has 1 saturated heterocycles. The molecule has 0 bridgehead atoms. The fourth-order valence-corrected chi connectivity index (χ4v) is 2.93. The van der Waals surface area contributed by atoms with Crippen molar-refractivity contribution in [1.29, 1.82) is 0 Å². The van der Waals surface area contributed by atoms with Crippen molar-refractivity contribution in [3.63, 3.8) is 0 Å². The molecule has 2 rings (SSSR count). The standard InChI is InChI=1S/C19H21BrO8/c1-5-24-14-9-11(7-12-17(22)27-19(3,4)28-18(12)23)8-13(20)16(14)26-10-15(21)25-6-2/h7-9H,5-6,10H2,1-4H3. The van der Waals surface area contributed by atoms with Gasteiger partial charge in [-0.15, -0.1) is 0 Å². The average Bonchev–Trinajstić information content (AvgIpc) is 2.57. The SMILES string of the molecule is CCOC(=O)COc1c(Br)cc(C=C2C(=O)OC(C)(C)OC2=O)cc1OCC. The maximum Gasteiger partial charge on any atom is 0.348 e. The number of carbonyl (C=O) groups is 3. The molecule has 0 atom stereocenters. The smallest absolute Gasteiger partial charge is 0.348 e. The van der Waals surface area contributed by atoms with E-state index in [2.05, 4.69) is 15.9 Å². The van der Waals surface area contributed by atoms with Crippen LogP contribution in [0.15, 0.2) is 22.2 Å². The highest BCUT2D eigenvalue weighted by Crippen LogP contribution is 2.38. The van der Waals surface area contributed by atoms with Gasteiger partial charge in [-0.2, -0.15) is 0 Å². The van der Waals surface area contributed by atoms with E-state index in [-0.39, 0.29) is 18.8 Å². The zero-order valence-electron chi connectivity index (χ0n) is 16.0. The highest BCUT2D eigenvalue weighted by Gasteiger charge is 2.38. The second-order valence-corrected chi connectivity index (χ2v) is 6.95. The normalized spacial score (nSPS) is 15.4. The molecule has 0 N–H and O–H groups in total. The zero-order chi connectivity index (χ0) is 20.9. The number of halogens is 1. The van der Waals surface area contributed by atoms with Crippen LogP contribution in [0, 0.1) is 0 Å². The Morgan fingerprint density at radius 1 is 1.11 bits per heavy atom. The number of esters is 3. The summed E-state index contributed by atoms with van der Waals surface area (Å²) in [4.78, 5) is 35.8. The molecule has 0 amide bonds. The molecule has 1 fully saturated rings. The van der Waals surface area contributed by atoms with Crippen molar-refractivity contribution in [3.8, 4) is 11.5 Å². The number of cyclic esters (lactones) is 2. The quantitative estimate of drug-likeness (QED) is 0.350. The first-order valence-electron chi connectivity index (χ1n) is 8.60. The van der Waals surface area contributed by atoms with Gasteiger partial charge in [-0.05, 0) is 53.5 Å². The van der Waals surface area contributed by atoms with Crippen LogP contribution in [0.25, 0.3) is 6.08 Å². The molecule has 28 heavy (non-hydrogen) atoms. The van der Waals surface area contributed by atoms with Crippen molar-refractivity contribution in [2.75, 3.05) is 19.8 Å². The third kappa shape index (κ3) is 5.48. The second-order valence-electron chi connectivity index (χ2n) is 6.09. The molecule has 0 unspecified atom stereocenters. The summed E-state index contributed by atoms with van der Waals surface area (Å²) >= 11 is 3.35. The van der Waals surface area contributed by atoms with Crippen LogP contribution in [0.4, 0.5) is 0 Å². The van der Waals surface area contributed by atoms with Crippen LogP contribution in [0.2, 0.25) is 0 Å². The molecule has 0 spiro atoms. The van der Waals surface area contributed by atoms with Gasteiger partial charge >= 0.3 is 17.9 Å². The van der Waals surface area contributed by atoms with Crippen molar-refractivity contribution in [3.05, 3.63) is 27.7 Å². The molecule has 0 aromatic heterocycles. The van der Waals surface area contributed by atoms with Gasteiger partial charge in [0.1, 0.15) is 5.57 Å². The van der Waals surface area contributed by atoms with E-state index < -0.39 is 23.7 Å². The van der Waals surface area contributed by atoms with E-state index in [1.54, 1.807) is 26.0 Å². The lowest BCUT2D eigenvalue weighted by Gasteiger charge is -2.29. The first-order chi connectivity index (χ1) is 13.2. The van der Waals surface area contributed by atoms with Gasteiger partial charge in [0.2, 0.25) is 0 Å². The molecule has 1 aromatic rings. The number of ether oxygens (including phenoxy) is 5. The predicted octanol–water partition coefficient (Wildman–Crippen LogP) is 3.01. The Labute approximate surface area is 170 Å². The lowest BCUT2D eigenvalue weighted by Crippen LogP contribution is -2.41. The molecule has 0 saturated carbocycles. The first-order valence-corrected chi connectivity index (χ1v) is 9.39. The summed E-state index contributed by atoms with van der Waals surface area (Å²) in [7, 11) is 0. The van der Waals surface area contributed by atoms with Crippen molar-refractivity contribution in [2.45, 2.75) is 33.5 Å². The van der Waals surface area contributed by atoms with E-state index >= 15 is 0 Å². The number of benzene rings is 1. The summed E-state index contributed by atoms with van der Waals surface area (Å²) < 4.78 is 26.5. The minimum Gasteiger partial charge on any atom is -0.490 e. The Morgan fingerprint density at radius 2 is 1.75 bits per heavy atom. The number of rotatable bonds is 7. The summed E-state index contributed by atoms with van der Waals surface area (Å²) in [5.74, 6) is -2.76. The highest BCUT2D eigenvalue weighted by molar-refractivity contribution is 9.10. The number of carbonyl (C=O) groups excluding carboxylic acids is 3. The maximum absolute atomic E-state index is 12.1. The molecule has 1 aliphatic heterocycles. The third-order valence-corrected chi connectivity index (χ3v) is 3.99. The monoisotopic (exact) mass is 456 g/mol. The minimum atomic E-state index is -1.31. The number of hydrogen-bond donors (Lipinski definition) is 0. The van der Waals surface area contributed by atoms with Crippen LogP contribution >= 0.6 is 15.9 Å². The Bertz CT molecular complexity index is 790. The molecule has 1 aliphatic rings. The van der Waals surface area contributed by atoms with Gasteiger partial charge < -0.3 is 23.7 Å². The van der Waals surface area contributed by atoms with Gasteiger partial charge in [0.15, 0.2) is 18.1 Å². The van der Waals surface area contributed by atoms with Crippen LogP contribution in [0.3, 0.4) is 0 Å². The topological polar surface area (TPSA) is 97.4 Å². The van der Waals surface area contributed by atoms with Gasteiger partial charge in [0, 0.05) is 13.8 Å². The predicted molar refractivity (Wildman–Crippen MR) is 102 cm³/mol. The molecule has 0 radical (unpaired) electrons. The van der Waals surface area contributed by atoms with E-state index in [9.17, 15) is 14.4 Å². The van der Waals surface area contributed by atoms with Gasteiger partial charge in [0.05, 0.1) is 17.7 Å².